The van der Waals surface area contributed by atoms with Crippen molar-refractivity contribution in [2.24, 2.45) is 0 Å². The zero-order valence-corrected chi connectivity index (χ0v) is 18.8. The van der Waals surface area contributed by atoms with Gasteiger partial charge in [-0.05, 0) is 59.1 Å². The Hall–Kier alpha value is -1.58. The van der Waals surface area contributed by atoms with Gasteiger partial charge in [-0.2, -0.15) is 13.2 Å². The number of methoxy groups -OCH3 is 1. The maximum atomic E-state index is 14.1. The largest absolute Gasteiger partial charge is 0.496 e. The highest BCUT2D eigenvalue weighted by Gasteiger charge is 2.54. The van der Waals surface area contributed by atoms with Crippen LogP contribution in [0.5, 0.6) is 0 Å². The van der Waals surface area contributed by atoms with Gasteiger partial charge in [0, 0.05) is 30.0 Å². The van der Waals surface area contributed by atoms with Crippen molar-refractivity contribution in [3.63, 3.8) is 0 Å². The van der Waals surface area contributed by atoms with E-state index in [2.05, 4.69) is 5.32 Å². The maximum absolute atomic E-state index is 14.1. The van der Waals surface area contributed by atoms with Crippen molar-refractivity contribution in [2.45, 2.75) is 84.4 Å². The van der Waals surface area contributed by atoms with E-state index < -0.39 is 30.1 Å². The highest BCUT2D eigenvalue weighted by Crippen LogP contribution is 2.40. The van der Waals surface area contributed by atoms with Crippen LogP contribution >= 0.6 is 0 Å². The Morgan fingerprint density at radius 1 is 1.23 bits per heavy atom. The van der Waals surface area contributed by atoms with Crippen molar-refractivity contribution in [3.8, 4) is 0 Å². The average molecular weight is 428 g/mol. The molecular weight excluding hydrogens is 396 g/mol. The summed E-state index contributed by atoms with van der Waals surface area (Å²) < 4.78 is 59.5. The lowest BCUT2D eigenvalue weighted by molar-refractivity contribution is -0.137. The molecule has 1 saturated heterocycles. The Kier molecular flexibility index (Phi) is 7.31. The molecule has 0 aliphatic carbocycles. The van der Waals surface area contributed by atoms with E-state index in [1.54, 1.807) is 34.8 Å². The summed E-state index contributed by atoms with van der Waals surface area (Å²) in [5.74, 6) is 0. The Labute approximate surface area is 177 Å². The van der Waals surface area contributed by atoms with Crippen molar-refractivity contribution >= 4 is 24.5 Å². The van der Waals surface area contributed by atoms with Gasteiger partial charge in [-0.15, -0.1) is 0 Å². The van der Waals surface area contributed by atoms with Crippen LogP contribution in [-0.2, 0) is 20.2 Å². The summed E-state index contributed by atoms with van der Waals surface area (Å²) in [7, 11) is 0.295. The molecule has 0 radical (unpaired) electrons. The molecule has 2 rings (SSSR count). The molecule has 1 aliphatic heterocycles. The molecule has 0 aromatic heterocycles. The van der Waals surface area contributed by atoms with E-state index in [0.29, 0.717) is 12.1 Å². The number of rotatable bonds is 8. The molecule has 168 valence electrons. The summed E-state index contributed by atoms with van der Waals surface area (Å²) in [4.78, 5) is 0. The predicted octanol–water partition coefficient (Wildman–Crippen LogP) is 4.89. The first-order valence-corrected chi connectivity index (χ1v) is 10.2. The number of hydrogen-bond donors (Lipinski definition) is 2. The number of nitrogens with one attached hydrogen (secondary N) is 2. The first-order valence-electron chi connectivity index (χ1n) is 10.2. The van der Waals surface area contributed by atoms with Crippen molar-refractivity contribution in [2.75, 3.05) is 12.4 Å². The molecule has 0 spiro atoms. The minimum absolute atomic E-state index is 0.0330. The highest BCUT2D eigenvalue weighted by atomic mass is 19.4. The molecule has 1 fully saturated rings. The quantitative estimate of drug-likeness (QED) is 0.352. The SMILES string of the molecule is CCCCC(Nc1cc(C)c(C(F)(F)F)c(B2OC(C)(C)C(C)(C)O2)c1C=N)OC. The molecule has 1 heterocycles. The zero-order chi connectivity index (χ0) is 22.9. The summed E-state index contributed by atoms with van der Waals surface area (Å²) in [5.41, 5.74) is -2.11. The second-order valence-corrected chi connectivity index (χ2v) is 8.68. The van der Waals surface area contributed by atoms with Gasteiger partial charge in [-0.25, -0.2) is 0 Å². The lowest BCUT2D eigenvalue weighted by Gasteiger charge is -2.32. The Morgan fingerprint density at radius 3 is 2.23 bits per heavy atom. The van der Waals surface area contributed by atoms with Crippen molar-refractivity contribution in [3.05, 3.63) is 22.8 Å². The smallest absolute Gasteiger partial charge is 0.399 e. The van der Waals surface area contributed by atoms with Crippen LogP contribution in [0, 0.1) is 12.3 Å². The molecule has 0 bridgehead atoms. The van der Waals surface area contributed by atoms with Crippen LogP contribution in [0.25, 0.3) is 0 Å². The fourth-order valence-electron chi connectivity index (χ4n) is 3.53. The Balaban J connectivity index is 2.65. The minimum atomic E-state index is -4.62. The number of ether oxygens (including phenoxy) is 1. The molecule has 2 N–H and O–H groups in total. The van der Waals surface area contributed by atoms with Gasteiger partial charge in [-0.3, -0.25) is 0 Å². The molecule has 0 saturated carbocycles. The van der Waals surface area contributed by atoms with Gasteiger partial charge >= 0.3 is 13.3 Å². The van der Waals surface area contributed by atoms with Gasteiger partial charge in [0.2, 0.25) is 0 Å². The first-order chi connectivity index (χ1) is 13.8. The van der Waals surface area contributed by atoms with Gasteiger partial charge in [0.25, 0.3) is 0 Å². The number of unbranched alkanes of at least 4 members (excludes halogenated alkanes) is 1. The van der Waals surface area contributed by atoms with Gasteiger partial charge in [-0.1, -0.05) is 13.3 Å². The van der Waals surface area contributed by atoms with E-state index in [0.717, 1.165) is 19.1 Å². The zero-order valence-electron chi connectivity index (χ0n) is 18.8. The second kappa shape index (κ2) is 8.89. The van der Waals surface area contributed by atoms with Crippen LogP contribution in [0.1, 0.15) is 70.6 Å². The molecule has 1 unspecified atom stereocenters. The number of hydrogen-bond acceptors (Lipinski definition) is 5. The summed E-state index contributed by atoms with van der Waals surface area (Å²) in [6, 6.07) is 1.41. The third-order valence-electron chi connectivity index (χ3n) is 5.94. The van der Waals surface area contributed by atoms with E-state index in [1.165, 1.54) is 13.0 Å². The molecule has 0 amide bonds. The number of benzene rings is 1. The highest BCUT2D eigenvalue weighted by molar-refractivity contribution is 6.64. The third kappa shape index (κ3) is 4.84. The Morgan fingerprint density at radius 2 is 1.80 bits per heavy atom. The van der Waals surface area contributed by atoms with E-state index >= 15 is 0 Å². The third-order valence-corrected chi connectivity index (χ3v) is 5.94. The molecule has 1 aromatic rings. The molecule has 30 heavy (non-hydrogen) atoms. The summed E-state index contributed by atoms with van der Waals surface area (Å²) in [6.07, 6.45) is -1.53. The van der Waals surface area contributed by atoms with E-state index in [-0.39, 0.29) is 22.8 Å². The number of alkyl halides is 3. The fourth-order valence-corrected chi connectivity index (χ4v) is 3.53. The molecular formula is C21H32BF3N2O3. The van der Waals surface area contributed by atoms with Gasteiger partial charge in [0.05, 0.1) is 16.8 Å². The van der Waals surface area contributed by atoms with Crippen LogP contribution < -0.4 is 10.8 Å². The number of halogens is 3. The number of anilines is 1. The van der Waals surface area contributed by atoms with E-state index in [4.69, 9.17) is 19.5 Å². The number of aryl methyl sites for hydroxylation is 1. The van der Waals surface area contributed by atoms with Crippen LogP contribution in [0.15, 0.2) is 6.07 Å². The van der Waals surface area contributed by atoms with Crippen LogP contribution in [0.4, 0.5) is 18.9 Å². The van der Waals surface area contributed by atoms with E-state index in [9.17, 15) is 13.2 Å². The summed E-state index contributed by atoms with van der Waals surface area (Å²) >= 11 is 0. The van der Waals surface area contributed by atoms with Crippen LogP contribution in [-0.4, -0.2) is 37.9 Å². The molecule has 9 heteroatoms. The fraction of sp³-hybridized carbons (Fsp3) is 0.667. The monoisotopic (exact) mass is 428 g/mol. The lowest BCUT2D eigenvalue weighted by atomic mass is 9.71. The average Bonchev–Trinajstić information content (AvgIpc) is 2.84. The maximum Gasteiger partial charge on any atom is 0.496 e. The topological polar surface area (TPSA) is 63.6 Å². The van der Waals surface area contributed by atoms with Crippen molar-refractivity contribution < 1.29 is 27.2 Å². The van der Waals surface area contributed by atoms with E-state index in [1.807, 2.05) is 6.92 Å². The minimum Gasteiger partial charge on any atom is -0.399 e. The van der Waals surface area contributed by atoms with Gasteiger partial charge in [0.15, 0.2) is 0 Å². The van der Waals surface area contributed by atoms with Crippen molar-refractivity contribution in [1.82, 2.24) is 0 Å². The molecule has 1 aromatic carbocycles. The summed E-state index contributed by atoms with van der Waals surface area (Å²) in [5, 5.41) is 11.1. The normalized spacial score (nSPS) is 19.1. The van der Waals surface area contributed by atoms with Gasteiger partial charge in [0.1, 0.15) is 6.23 Å². The molecule has 1 aliphatic rings. The van der Waals surface area contributed by atoms with Crippen LogP contribution in [0.2, 0.25) is 0 Å². The Bertz CT molecular complexity index is 766. The lowest BCUT2D eigenvalue weighted by Crippen LogP contribution is -2.43. The predicted molar refractivity (Wildman–Crippen MR) is 114 cm³/mol. The molecule has 1 atom stereocenters. The van der Waals surface area contributed by atoms with Gasteiger partial charge < -0.3 is 24.8 Å². The van der Waals surface area contributed by atoms with Crippen molar-refractivity contribution in [1.29, 1.82) is 5.41 Å². The first kappa shape index (κ1) is 24.7. The second-order valence-electron chi connectivity index (χ2n) is 8.68. The molecule has 5 nitrogen and oxygen atoms in total. The standard InChI is InChI=1S/C21H32BF3N2O3/c1-8-9-10-16(28-7)27-15-11-13(2)17(21(23,24)25)18(14(15)12-26)22-29-19(3,4)20(5,6)30-22/h11-12,16,26-27H,8-10H2,1-7H3. The van der Waals surface area contributed by atoms with Crippen LogP contribution in [0.3, 0.4) is 0 Å². The summed E-state index contributed by atoms with van der Waals surface area (Å²) in [6.45, 7) is 10.6.